The van der Waals surface area contributed by atoms with E-state index in [1.54, 1.807) is 0 Å². The highest BCUT2D eigenvalue weighted by Gasteiger charge is 2.49. The van der Waals surface area contributed by atoms with E-state index < -0.39 is 17.9 Å². The number of fused-ring (bicyclic) bond motifs is 5. The standard InChI is InChI=1S/C40H45N5O6/c1-8-23-19(3)26-16-28-21(5)25(13-14-32(46)41-15-11-10-12-33(47)48)37(44-28)35-36(40(50)51-7)39(49)34-22(6)29(45-38(34)35)18-31-24(9-2)20(4)27(43-31)17-30(23)42-26/h8,16-18,21,25,36,44,49H,1,9-15H2,2-7H3,(H,41,46)(H,47,48)/t21-,25-,36+/m0/s1. The van der Waals surface area contributed by atoms with Crippen molar-refractivity contribution in [1.82, 2.24) is 10.6 Å². The summed E-state index contributed by atoms with van der Waals surface area (Å²) in [7, 11) is 1.30. The van der Waals surface area contributed by atoms with Crippen molar-refractivity contribution >= 4 is 35.0 Å². The first kappa shape index (κ1) is 35.5. The minimum Gasteiger partial charge on any atom is -0.510 e. The molecule has 0 aromatic carbocycles. The number of nitrogens with zero attached hydrogens (tertiary/aromatic N) is 3. The topological polar surface area (TPSA) is 162 Å². The number of carbonyl (C=O) groups excluding carboxylic acids is 2. The van der Waals surface area contributed by atoms with Gasteiger partial charge in [-0.25, -0.2) is 15.0 Å². The van der Waals surface area contributed by atoms with Gasteiger partial charge in [-0.1, -0.05) is 26.5 Å². The number of hydrogen-bond donors (Lipinski definition) is 4. The molecule has 266 valence electrons. The molecule has 0 saturated carbocycles. The number of nitrogens with one attached hydrogen (secondary N) is 2. The van der Waals surface area contributed by atoms with E-state index in [0.29, 0.717) is 54.1 Å². The maximum Gasteiger partial charge on any atom is 0.321 e. The number of aliphatic imine (C=N–C) groups is 3. The van der Waals surface area contributed by atoms with Crippen molar-refractivity contribution in [3.8, 4) is 0 Å². The van der Waals surface area contributed by atoms with Crippen LogP contribution < -0.4 is 10.6 Å². The van der Waals surface area contributed by atoms with Crippen molar-refractivity contribution in [3.63, 3.8) is 0 Å². The molecule has 5 heterocycles. The Morgan fingerprint density at radius 2 is 1.73 bits per heavy atom. The van der Waals surface area contributed by atoms with Gasteiger partial charge in [-0.2, -0.15) is 0 Å². The van der Waals surface area contributed by atoms with Gasteiger partial charge in [0, 0.05) is 59.3 Å². The Morgan fingerprint density at radius 3 is 2.41 bits per heavy atom. The van der Waals surface area contributed by atoms with Crippen molar-refractivity contribution < 1.29 is 29.3 Å². The molecule has 0 radical (unpaired) electrons. The zero-order valence-corrected chi connectivity index (χ0v) is 30.1. The molecule has 0 aromatic heterocycles. The summed E-state index contributed by atoms with van der Waals surface area (Å²) in [5.41, 5.74) is 11.7. The van der Waals surface area contributed by atoms with Crippen LogP contribution in [0.5, 0.6) is 0 Å². The van der Waals surface area contributed by atoms with Gasteiger partial charge in [0.05, 0.1) is 41.3 Å². The van der Waals surface area contributed by atoms with Gasteiger partial charge in [0.25, 0.3) is 0 Å². The van der Waals surface area contributed by atoms with Gasteiger partial charge in [0.2, 0.25) is 5.91 Å². The molecule has 51 heavy (non-hydrogen) atoms. The van der Waals surface area contributed by atoms with Crippen LogP contribution in [0.1, 0.15) is 73.1 Å². The summed E-state index contributed by atoms with van der Waals surface area (Å²) in [5.74, 6) is -3.18. The van der Waals surface area contributed by atoms with Crippen LogP contribution in [0.2, 0.25) is 0 Å². The largest absolute Gasteiger partial charge is 0.510 e. The van der Waals surface area contributed by atoms with Gasteiger partial charge in [-0.3, -0.25) is 14.4 Å². The molecule has 1 amide bonds. The lowest BCUT2D eigenvalue weighted by molar-refractivity contribution is -0.143. The fourth-order valence-electron chi connectivity index (χ4n) is 7.78. The van der Waals surface area contributed by atoms with E-state index in [9.17, 15) is 19.5 Å². The molecule has 3 atom stereocenters. The normalized spacial score (nSPS) is 23.6. The van der Waals surface area contributed by atoms with E-state index in [1.807, 2.05) is 38.2 Å². The Labute approximate surface area is 298 Å². The zero-order valence-electron chi connectivity index (χ0n) is 30.1. The lowest BCUT2D eigenvalue weighted by Gasteiger charge is -2.20. The van der Waals surface area contributed by atoms with Gasteiger partial charge < -0.3 is 25.6 Å². The van der Waals surface area contributed by atoms with Crippen molar-refractivity contribution in [3.05, 3.63) is 104 Å². The van der Waals surface area contributed by atoms with Crippen LogP contribution in [0.3, 0.4) is 0 Å². The van der Waals surface area contributed by atoms with Crippen molar-refractivity contribution in [2.24, 2.45) is 32.7 Å². The number of carboxylic acid groups (broad SMARTS) is 1. The van der Waals surface area contributed by atoms with E-state index in [-0.39, 0.29) is 36.3 Å². The molecular weight excluding hydrogens is 646 g/mol. The number of carbonyl (C=O) groups is 3. The Bertz CT molecular complexity index is 2010. The molecule has 11 heteroatoms. The summed E-state index contributed by atoms with van der Waals surface area (Å²) in [6, 6.07) is 0. The smallest absolute Gasteiger partial charge is 0.321 e. The molecule has 0 unspecified atom stereocenters. The van der Waals surface area contributed by atoms with Crippen LogP contribution in [0.15, 0.2) is 119 Å². The highest BCUT2D eigenvalue weighted by atomic mass is 16.5. The van der Waals surface area contributed by atoms with Gasteiger partial charge in [-0.15, -0.1) is 0 Å². The number of methoxy groups -OCH3 is 1. The van der Waals surface area contributed by atoms with Crippen LogP contribution in [0, 0.1) is 17.8 Å². The van der Waals surface area contributed by atoms with Crippen LogP contribution in [0.25, 0.3) is 0 Å². The molecule has 8 bridgehead atoms. The molecule has 1 fully saturated rings. The quantitative estimate of drug-likeness (QED) is 0.144. The molecule has 0 aromatic rings. The second-order valence-electron chi connectivity index (χ2n) is 13.6. The number of amides is 1. The Balaban J connectivity index is 1.50. The number of hydrogen-bond acceptors (Lipinski definition) is 9. The molecule has 6 rings (SSSR count). The average molecular weight is 692 g/mol. The molecule has 6 aliphatic rings. The monoisotopic (exact) mass is 691 g/mol. The average Bonchev–Trinajstić information content (AvgIpc) is 3.84. The highest BCUT2D eigenvalue weighted by molar-refractivity contribution is 6.24. The predicted octanol–water partition coefficient (Wildman–Crippen LogP) is 6.39. The van der Waals surface area contributed by atoms with E-state index in [1.165, 1.54) is 7.11 Å². The van der Waals surface area contributed by atoms with Crippen LogP contribution in [0.4, 0.5) is 0 Å². The van der Waals surface area contributed by atoms with Crippen LogP contribution in [-0.4, -0.2) is 58.8 Å². The number of unbranched alkanes of at least 4 members (excludes halogenated alkanes) is 1. The van der Waals surface area contributed by atoms with Gasteiger partial charge in [0.15, 0.2) is 0 Å². The molecule has 11 nitrogen and oxygen atoms in total. The van der Waals surface area contributed by atoms with Gasteiger partial charge >= 0.3 is 11.9 Å². The molecule has 5 aliphatic heterocycles. The maximum atomic E-state index is 13.4. The SMILES string of the molecule is C=CC1=C(C)C2=NC1=CC1=NC(=CC3=C(C)C4=C(O)[C@H](C(=O)OC)C(=C5NC(=C2)[C@@H](C)[C@@H]5CCC(=O)NCCCCC(=O)O)C4=N3)C(CC)=C1C. The van der Waals surface area contributed by atoms with Gasteiger partial charge in [-0.05, 0) is 87.0 Å². The number of allylic oxidation sites excluding steroid dienone is 11. The minimum atomic E-state index is -1.09. The summed E-state index contributed by atoms with van der Waals surface area (Å²) in [4.78, 5) is 52.5. The Hall–Kier alpha value is -5.32. The fourth-order valence-corrected chi connectivity index (χ4v) is 7.78. The van der Waals surface area contributed by atoms with Crippen molar-refractivity contribution in [1.29, 1.82) is 0 Å². The molecule has 4 N–H and O–H groups in total. The third-order valence-electron chi connectivity index (χ3n) is 10.7. The number of esters is 1. The zero-order chi connectivity index (χ0) is 36.7. The first-order valence-corrected chi connectivity index (χ1v) is 17.6. The van der Waals surface area contributed by atoms with Crippen molar-refractivity contribution in [2.75, 3.05) is 13.7 Å². The van der Waals surface area contributed by atoms with E-state index in [4.69, 9.17) is 24.8 Å². The third-order valence-corrected chi connectivity index (χ3v) is 10.7. The van der Waals surface area contributed by atoms with E-state index in [0.717, 1.165) is 62.8 Å². The minimum absolute atomic E-state index is 0.0598. The first-order valence-electron chi connectivity index (χ1n) is 17.6. The van der Waals surface area contributed by atoms with E-state index >= 15 is 0 Å². The summed E-state index contributed by atoms with van der Waals surface area (Å²) in [6.07, 6.45) is 10.3. The summed E-state index contributed by atoms with van der Waals surface area (Å²) >= 11 is 0. The molecule has 1 saturated heterocycles. The van der Waals surface area contributed by atoms with E-state index in [2.05, 4.69) is 38.0 Å². The Kier molecular flexibility index (Phi) is 9.83. The number of carboxylic acids is 1. The Morgan fingerprint density at radius 1 is 1.00 bits per heavy atom. The molecule has 1 aliphatic carbocycles. The second kappa shape index (κ2) is 14.1. The highest BCUT2D eigenvalue weighted by Crippen LogP contribution is 2.49. The number of ether oxygens (including phenoxy) is 1. The lowest BCUT2D eigenvalue weighted by atomic mass is 9.84. The second-order valence-corrected chi connectivity index (χ2v) is 13.6. The molecular formula is C40H45N5O6. The summed E-state index contributed by atoms with van der Waals surface area (Å²) in [6.45, 7) is 14.6. The lowest BCUT2D eigenvalue weighted by Crippen LogP contribution is -2.27. The summed E-state index contributed by atoms with van der Waals surface area (Å²) < 4.78 is 5.24. The number of aliphatic hydroxyl groups excluding tert-OH is 1. The third kappa shape index (κ3) is 6.30. The number of aliphatic carboxylic acids is 1. The van der Waals surface area contributed by atoms with Crippen LogP contribution in [-0.2, 0) is 19.1 Å². The molecule has 0 spiro atoms. The van der Waals surface area contributed by atoms with Gasteiger partial charge in [0.1, 0.15) is 11.7 Å². The van der Waals surface area contributed by atoms with Crippen LogP contribution >= 0.6 is 0 Å². The van der Waals surface area contributed by atoms with Crippen molar-refractivity contribution in [2.45, 2.75) is 73.1 Å². The number of rotatable bonds is 11. The number of aliphatic hydroxyl groups is 1. The maximum absolute atomic E-state index is 13.4. The fraction of sp³-hybridized carbons (Fsp3) is 0.400. The summed E-state index contributed by atoms with van der Waals surface area (Å²) in [5, 5.41) is 27.2. The first-order chi connectivity index (χ1) is 24.4. The predicted molar refractivity (Wildman–Crippen MR) is 197 cm³/mol.